The molecule has 7 heteroatoms. The fraction of sp³-hybridized carbons (Fsp3) is 0.789. The minimum absolute atomic E-state index is 0.0379. The minimum atomic E-state index is 0.0379. The predicted molar refractivity (Wildman–Crippen MR) is 98.8 cm³/mol. The van der Waals surface area contributed by atoms with Crippen LogP contribution >= 0.6 is 0 Å². The van der Waals surface area contributed by atoms with Gasteiger partial charge in [-0.15, -0.1) is 0 Å². The Balaban J connectivity index is 1.23. The molecule has 144 valence electrons. The van der Waals surface area contributed by atoms with E-state index in [1.165, 1.54) is 19.3 Å². The summed E-state index contributed by atoms with van der Waals surface area (Å²) in [7, 11) is 0. The van der Waals surface area contributed by atoms with Crippen molar-refractivity contribution < 1.29 is 9.53 Å². The Labute approximate surface area is 155 Å². The first-order valence-electron chi connectivity index (χ1n) is 10.1. The number of ether oxygens (including phenoxy) is 1. The number of aromatic amines is 1. The van der Waals surface area contributed by atoms with E-state index in [-0.39, 0.29) is 17.7 Å². The van der Waals surface area contributed by atoms with Gasteiger partial charge in [-0.05, 0) is 25.7 Å². The zero-order valence-corrected chi connectivity index (χ0v) is 15.6. The van der Waals surface area contributed by atoms with E-state index in [0.29, 0.717) is 0 Å². The second-order valence-electron chi connectivity index (χ2n) is 8.03. The summed E-state index contributed by atoms with van der Waals surface area (Å²) in [6, 6.07) is 0.357. The Kier molecular flexibility index (Phi) is 5.45. The van der Waals surface area contributed by atoms with Gasteiger partial charge >= 0.3 is 6.03 Å². The molecular weight excluding hydrogens is 330 g/mol. The summed E-state index contributed by atoms with van der Waals surface area (Å²) in [5, 5.41) is 3.29. The lowest BCUT2D eigenvalue weighted by atomic mass is 9.78. The number of urea groups is 1. The SMILES string of the molecule is O=C(NC1CCOC2(CCCCC2)C1)N1CCN(Cc2ncc[nH]2)CC1. The monoisotopic (exact) mass is 361 g/mol. The van der Waals surface area contributed by atoms with Crippen LogP contribution in [0.5, 0.6) is 0 Å². The van der Waals surface area contributed by atoms with Crippen molar-refractivity contribution >= 4 is 6.03 Å². The quantitative estimate of drug-likeness (QED) is 0.865. The van der Waals surface area contributed by atoms with Crippen LogP contribution < -0.4 is 5.32 Å². The van der Waals surface area contributed by atoms with Gasteiger partial charge in [-0.25, -0.2) is 9.78 Å². The topological polar surface area (TPSA) is 73.5 Å². The van der Waals surface area contributed by atoms with E-state index < -0.39 is 0 Å². The Bertz CT molecular complexity index is 571. The molecule has 3 heterocycles. The predicted octanol–water partition coefficient (Wildman–Crippen LogP) is 2.12. The number of rotatable bonds is 3. The first kappa shape index (κ1) is 17.8. The Morgan fingerprint density at radius 1 is 1.27 bits per heavy atom. The number of amides is 2. The molecule has 1 aromatic rings. The number of imidazole rings is 1. The fourth-order valence-corrected chi connectivity index (χ4v) is 4.67. The molecule has 1 spiro atoms. The molecule has 26 heavy (non-hydrogen) atoms. The van der Waals surface area contributed by atoms with Gasteiger partial charge in [-0.3, -0.25) is 4.90 Å². The van der Waals surface area contributed by atoms with Crippen LogP contribution in [0, 0.1) is 0 Å². The van der Waals surface area contributed by atoms with Crippen LogP contribution in [-0.4, -0.2) is 70.2 Å². The summed E-state index contributed by atoms with van der Waals surface area (Å²) in [5.74, 6) is 0.989. The average molecular weight is 361 g/mol. The Hall–Kier alpha value is -1.60. The number of carbonyl (C=O) groups is 1. The molecule has 0 aromatic carbocycles. The van der Waals surface area contributed by atoms with Gasteiger partial charge in [-0.2, -0.15) is 0 Å². The molecule has 1 aliphatic carbocycles. The highest BCUT2D eigenvalue weighted by molar-refractivity contribution is 5.74. The molecule has 3 aliphatic rings. The third-order valence-corrected chi connectivity index (χ3v) is 6.17. The van der Waals surface area contributed by atoms with Gasteiger partial charge in [0.15, 0.2) is 0 Å². The molecule has 1 saturated carbocycles. The lowest BCUT2D eigenvalue weighted by molar-refractivity contribution is -0.108. The van der Waals surface area contributed by atoms with Crippen molar-refractivity contribution in [3.63, 3.8) is 0 Å². The van der Waals surface area contributed by atoms with Crippen LogP contribution in [0.4, 0.5) is 4.79 Å². The second-order valence-corrected chi connectivity index (χ2v) is 8.03. The zero-order chi connectivity index (χ0) is 17.8. The van der Waals surface area contributed by atoms with Crippen molar-refractivity contribution in [2.45, 2.75) is 63.1 Å². The van der Waals surface area contributed by atoms with Gasteiger partial charge in [0.25, 0.3) is 0 Å². The Morgan fingerprint density at radius 2 is 2.08 bits per heavy atom. The van der Waals surface area contributed by atoms with Gasteiger partial charge in [-0.1, -0.05) is 19.3 Å². The summed E-state index contributed by atoms with van der Waals surface area (Å²) < 4.78 is 6.15. The molecule has 0 bridgehead atoms. The van der Waals surface area contributed by atoms with E-state index in [9.17, 15) is 4.79 Å². The molecule has 4 rings (SSSR count). The van der Waals surface area contributed by atoms with Gasteiger partial charge in [0, 0.05) is 51.2 Å². The molecule has 0 radical (unpaired) electrons. The Morgan fingerprint density at radius 3 is 2.81 bits per heavy atom. The van der Waals surface area contributed by atoms with Crippen molar-refractivity contribution in [2.24, 2.45) is 0 Å². The normalized spacial score (nSPS) is 26.8. The zero-order valence-electron chi connectivity index (χ0n) is 15.6. The van der Waals surface area contributed by atoms with E-state index in [4.69, 9.17) is 4.74 Å². The van der Waals surface area contributed by atoms with E-state index in [1.807, 2.05) is 11.1 Å². The third kappa shape index (κ3) is 4.20. The third-order valence-electron chi connectivity index (χ3n) is 6.17. The standard InChI is InChI=1S/C19H31N5O2/c25-18(22-16-4-13-26-19(14-16)5-2-1-3-6-19)24-11-9-23(10-12-24)15-17-20-7-8-21-17/h7-8,16H,1-6,9-15H2,(H,20,21)(H,22,25). The number of piperazine rings is 1. The van der Waals surface area contributed by atoms with Gasteiger partial charge in [0.2, 0.25) is 0 Å². The van der Waals surface area contributed by atoms with Crippen LogP contribution in [0.25, 0.3) is 0 Å². The number of H-pyrrole nitrogens is 1. The first-order valence-corrected chi connectivity index (χ1v) is 10.1. The first-order chi connectivity index (χ1) is 12.7. The summed E-state index contributed by atoms with van der Waals surface area (Å²) >= 11 is 0. The summed E-state index contributed by atoms with van der Waals surface area (Å²) in [5.41, 5.74) is 0.0379. The summed E-state index contributed by atoms with van der Waals surface area (Å²) in [6.45, 7) is 4.95. The number of hydrogen-bond donors (Lipinski definition) is 2. The van der Waals surface area contributed by atoms with Gasteiger partial charge in [0.05, 0.1) is 12.1 Å². The van der Waals surface area contributed by atoms with E-state index in [2.05, 4.69) is 20.2 Å². The molecule has 1 unspecified atom stereocenters. The van der Waals surface area contributed by atoms with Gasteiger partial charge < -0.3 is 19.9 Å². The molecular formula is C19H31N5O2. The number of hydrogen-bond acceptors (Lipinski definition) is 4. The van der Waals surface area contributed by atoms with E-state index >= 15 is 0 Å². The van der Waals surface area contributed by atoms with E-state index in [1.54, 1.807) is 6.20 Å². The maximum atomic E-state index is 12.7. The minimum Gasteiger partial charge on any atom is -0.375 e. The maximum absolute atomic E-state index is 12.7. The molecule has 2 N–H and O–H groups in total. The number of nitrogens with one attached hydrogen (secondary N) is 2. The maximum Gasteiger partial charge on any atom is 0.317 e. The van der Waals surface area contributed by atoms with Gasteiger partial charge in [0.1, 0.15) is 5.82 Å². The number of aromatic nitrogens is 2. The van der Waals surface area contributed by atoms with Crippen molar-refractivity contribution in [3.8, 4) is 0 Å². The fourth-order valence-electron chi connectivity index (χ4n) is 4.67. The largest absolute Gasteiger partial charge is 0.375 e. The molecule has 2 saturated heterocycles. The molecule has 1 aromatic heterocycles. The molecule has 3 fully saturated rings. The lowest BCUT2D eigenvalue weighted by Crippen LogP contribution is -2.55. The molecule has 7 nitrogen and oxygen atoms in total. The summed E-state index contributed by atoms with van der Waals surface area (Å²) in [4.78, 5) is 24.4. The van der Waals surface area contributed by atoms with Crippen molar-refractivity contribution in [3.05, 3.63) is 18.2 Å². The highest BCUT2D eigenvalue weighted by Gasteiger charge is 2.39. The van der Waals surface area contributed by atoms with E-state index in [0.717, 1.165) is 70.8 Å². The van der Waals surface area contributed by atoms with Crippen LogP contribution in [0.1, 0.15) is 50.8 Å². The number of carbonyl (C=O) groups excluding carboxylic acids is 1. The average Bonchev–Trinajstić information content (AvgIpc) is 3.16. The second kappa shape index (κ2) is 7.96. The van der Waals surface area contributed by atoms with Crippen LogP contribution in [-0.2, 0) is 11.3 Å². The highest BCUT2D eigenvalue weighted by atomic mass is 16.5. The van der Waals surface area contributed by atoms with Crippen LogP contribution in [0.3, 0.4) is 0 Å². The molecule has 2 amide bonds. The van der Waals surface area contributed by atoms with Crippen molar-refractivity contribution in [2.75, 3.05) is 32.8 Å². The van der Waals surface area contributed by atoms with Crippen LogP contribution in [0.15, 0.2) is 12.4 Å². The van der Waals surface area contributed by atoms with Crippen LogP contribution in [0.2, 0.25) is 0 Å². The molecule has 1 atom stereocenters. The lowest BCUT2D eigenvalue weighted by Gasteiger charge is -2.44. The highest BCUT2D eigenvalue weighted by Crippen LogP contribution is 2.38. The summed E-state index contributed by atoms with van der Waals surface area (Å²) in [6.07, 6.45) is 11.7. The molecule has 2 aliphatic heterocycles. The smallest absolute Gasteiger partial charge is 0.317 e. The van der Waals surface area contributed by atoms with Crippen molar-refractivity contribution in [1.29, 1.82) is 0 Å². The number of nitrogens with zero attached hydrogens (tertiary/aromatic N) is 3. The van der Waals surface area contributed by atoms with Crippen molar-refractivity contribution in [1.82, 2.24) is 25.1 Å².